The molecule has 2 aliphatic rings. The van der Waals surface area contributed by atoms with Crippen LogP contribution in [0.2, 0.25) is 0 Å². The fourth-order valence-corrected chi connectivity index (χ4v) is 3.17. The molecular formula is C17H17Cl2N. The molecule has 0 unspecified atom stereocenters. The highest BCUT2D eigenvalue weighted by molar-refractivity contribution is 6.30. The molecule has 20 heavy (non-hydrogen) atoms. The van der Waals surface area contributed by atoms with E-state index in [0.717, 1.165) is 36.7 Å². The molecule has 0 fully saturated rings. The summed E-state index contributed by atoms with van der Waals surface area (Å²) in [7, 11) is 0. The number of fused-ring (bicyclic) bond motifs is 2. The minimum Gasteiger partial charge on any atom is -0.341 e. The van der Waals surface area contributed by atoms with Gasteiger partial charge in [-0.2, -0.15) is 0 Å². The van der Waals surface area contributed by atoms with Crippen molar-refractivity contribution in [1.82, 2.24) is 0 Å². The van der Waals surface area contributed by atoms with Crippen LogP contribution >= 0.6 is 23.2 Å². The van der Waals surface area contributed by atoms with Gasteiger partial charge in [0.25, 0.3) is 0 Å². The van der Waals surface area contributed by atoms with Crippen LogP contribution in [0, 0.1) is 0 Å². The molecule has 1 aliphatic heterocycles. The number of allylic oxidation sites excluding steroid dienone is 4. The first kappa shape index (κ1) is 13.8. The third kappa shape index (κ3) is 2.65. The lowest BCUT2D eigenvalue weighted by molar-refractivity contribution is 0.766. The van der Waals surface area contributed by atoms with Crippen LogP contribution in [0.4, 0.5) is 5.69 Å². The minimum absolute atomic E-state index is 0.725. The Bertz CT molecular complexity index is 599. The van der Waals surface area contributed by atoms with E-state index in [-0.39, 0.29) is 0 Å². The molecule has 0 radical (unpaired) electrons. The van der Waals surface area contributed by atoms with Crippen LogP contribution in [0.25, 0.3) is 6.08 Å². The maximum atomic E-state index is 6.18. The lowest BCUT2D eigenvalue weighted by atomic mass is 9.94. The van der Waals surface area contributed by atoms with Gasteiger partial charge < -0.3 is 4.90 Å². The van der Waals surface area contributed by atoms with E-state index >= 15 is 0 Å². The molecule has 0 N–H and O–H groups in total. The van der Waals surface area contributed by atoms with Crippen molar-refractivity contribution in [3.63, 3.8) is 0 Å². The molecule has 0 spiro atoms. The van der Waals surface area contributed by atoms with Crippen molar-refractivity contribution in [1.29, 1.82) is 0 Å². The first-order chi connectivity index (χ1) is 9.79. The number of unbranched alkanes of at least 4 members (excludes halogenated alkanes) is 1. The minimum atomic E-state index is 0.725. The van der Waals surface area contributed by atoms with Crippen molar-refractivity contribution in [2.75, 3.05) is 17.3 Å². The van der Waals surface area contributed by atoms with E-state index in [4.69, 9.17) is 23.2 Å². The van der Waals surface area contributed by atoms with Crippen molar-refractivity contribution in [3.8, 4) is 0 Å². The summed E-state index contributed by atoms with van der Waals surface area (Å²) in [5, 5.41) is 0.903. The number of rotatable bonds is 4. The average Bonchev–Trinajstić information content (AvgIpc) is 2.46. The Kier molecular flexibility index (Phi) is 4.18. The Balaban J connectivity index is 1.98. The zero-order valence-electron chi connectivity index (χ0n) is 11.3. The summed E-state index contributed by atoms with van der Waals surface area (Å²) < 4.78 is 0. The molecule has 0 atom stereocenters. The van der Waals surface area contributed by atoms with E-state index in [1.54, 1.807) is 0 Å². The molecule has 0 bridgehead atoms. The van der Waals surface area contributed by atoms with Gasteiger partial charge in [0.2, 0.25) is 0 Å². The number of nitrogens with zero attached hydrogens (tertiary/aromatic N) is 1. The number of alkyl halides is 1. The maximum absolute atomic E-state index is 6.18. The Hall–Kier alpha value is -1.18. The molecule has 1 aliphatic carbocycles. The number of anilines is 1. The van der Waals surface area contributed by atoms with Gasteiger partial charge in [0.15, 0.2) is 0 Å². The first-order valence-electron chi connectivity index (χ1n) is 6.99. The highest BCUT2D eigenvalue weighted by atomic mass is 35.5. The monoisotopic (exact) mass is 305 g/mol. The number of halogens is 2. The van der Waals surface area contributed by atoms with Crippen LogP contribution in [-0.2, 0) is 0 Å². The molecule has 1 heterocycles. The van der Waals surface area contributed by atoms with Crippen molar-refractivity contribution >= 4 is 35.0 Å². The molecule has 0 saturated carbocycles. The molecule has 1 aromatic carbocycles. The van der Waals surface area contributed by atoms with E-state index in [9.17, 15) is 0 Å². The molecule has 0 saturated heterocycles. The van der Waals surface area contributed by atoms with E-state index in [0.29, 0.717) is 0 Å². The normalized spacial score (nSPS) is 16.9. The fourth-order valence-electron chi connectivity index (χ4n) is 2.77. The van der Waals surface area contributed by atoms with Crippen molar-refractivity contribution in [2.45, 2.75) is 19.3 Å². The summed E-state index contributed by atoms with van der Waals surface area (Å²) in [6.07, 6.45) is 9.37. The standard InChI is InChI=1S/C17H17Cl2N/c18-9-3-4-10-20-16-6-2-1-5-13(16)11-14-12-15(19)7-8-17(14)20/h1-2,5-8,11H,3-4,9-10,12H2. The van der Waals surface area contributed by atoms with Crippen molar-refractivity contribution in [3.05, 3.63) is 58.3 Å². The fraction of sp³-hybridized carbons (Fsp3) is 0.294. The van der Waals surface area contributed by atoms with Gasteiger partial charge in [-0.3, -0.25) is 0 Å². The van der Waals surface area contributed by atoms with E-state index in [2.05, 4.69) is 41.3 Å². The molecule has 1 aromatic rings. The third-order valence-electron chi connectivity index (χ3n) is 3.72. The molecule has 0 amide bonds. The highest BCUT2D eigenvalue weighted by Crippen LogP contribution is 2.39. The topological polar surface area (TPSA) is 3.24 Å². The molecule has 104 valence electrons. The van der Waals surface area contributed by atoms with Crippen LogP contribution in [-0.4, -0.2) is 12.4 Å². The van der Waals surface area contributed by atoms with Gasteiger partial charge in [0.05, 0.1) is 0 Å². The summed E-state index contributed by atoms with van der Waals surface area (Å²) in [6, 6.07) is 8.53. The molecular weight excluding hydrogens is 289 g/mol. The second-order valence-electron chi connectivity index (χ2n) is 5.12. The molecule has 1 nitrogen and oxygen atoms in total. The second-order valence-corrected chi connectivity index (χ2v) is 5.98. The van der Waals surface area contributed by atoms with Crippen molar-refractivity contribution in [2.24, 2.45) is 0 Å². The van der Waals surface area contributed by atoms with Gasteiger partial charge in [0.1, 0.15) is 0 Å². The van der Waals surface area contributed by atoms with Gasteiger partial charge in [-0.05, 0) is 48.3 Å². The SMILES string of the molecule is ClCCCCN1C2=CC=C(Cl)CC2=Cc2ccccc21. The number of hydrogen-bond donors (Lipinski definition) is 0. The Labute approximate surface area is 130 Å². The zero-order chi connectivity index (χ0) is 13.9. The smallest absolute Gasteiger partial charge is 0.0484 e. The lowest BCUT2D eigenvalue weighted by Gasteiger charge is -2.35. The number of para-hydroxylation sites is 1. The number of benzene rings is 1. The van der Waals surface area contributed by atoms with Crippen molar-refractivity contribution < 1.29 is 0 Å². The molecule has 3 rings (SSSR count). The van der Waals surface area contributed by atoms with Gasteiger partial charge in [-0.25, -0.2) is 0 Å². The second kappa shape index (κ2) is 6.07. The summed E-state index contributed by atoms with van der Waals surface area (Å²) >= 11 is 12.0. The predicted molar refractivity (Wildman–Crippen MR) is 88.4 cm³/mol. The zero-order valence-corrected chi connectivity index (χ0v) is 12.8. The van der Waals surface area contributed by atoms with Gasteiger partial charge in [-0.1, -0.05) is 29.8 Å². The Morgan fingerprint density at radius 2 is 1.95 bits per heavy atom. The first-order valence-corrected chi connectivity index (χ1v) is 7.90. The number of hydrogen-bond acceptors (Lipinski definition) is 1. The van der Waals surface area contributed by atoms with E-state index in [1.807, 2.05) is 6.08 Å². The summed E-state index contributed by atoms with van der Waals surface area (Å²) in [5.74, 6) is 0.725. The van der Waals surface area contributed by atoms with Crippen LogP contribution in [0.5, 0.6) is 0 Å². The van der Waals surface area contributed by atoms with Crippen LogP contribution < -0.4 is 4.90 Å². The lowest BCUT2D eigenvalue weighted by Crippen LogP contribution is -2.28. The van der Waals surface area contributed by atoms with Gasteiger partial charge in [0, 0.05) is 35.3 Å². The van der Waals surface area contributed by atoms with Crippen LogP contribution in [0.1, 0.15) is 24.8 Å². The predicted octanol–water partition coefficient (Wildman–Crippen LogP) is 5.32. The summed E-state index contributed by atoms with van der Waals surface area (Å²) in [6.45, 7) is 0.998. The van der Waals surface area contributed by atoms with Gasteiger partial charge in [-0.15, -0.1) is 11.6 Å². The van der Waals surface area contributed by atoms with Gasteiger partial charge >= 0.3 is 0 Å². The summed E-state index contributed by atoms with van der Waals surface area (Å²) in [4.78, 5) is 2.40. The molecule has 3 heteroatoms. The summed E-state index contributed by atoms with van der Waals surface area (Å²) in [5.41, 5.74) is 5.14. The maximum Gasteiger partial charge on any atom is 0.0484 e. The van der Waals surface area contributed by atoms with E-state index in [1.165, 1.54) is 22.5 Å². The Morgan fingerprint density at radius 1 is 1.10 bits per heavy atom. The van der Waals surface area contributed by atoms with E-state index < -0.39 is 0 Å². The Morgan fingerprint density at radius 3 is 2.80 bits per heavy atom. The van der Waals surface area contributed by atoms with Crippen LogP contribution in [0.3, 0.4) is 0 Å². The molecule has 0 aromatic heterocycles. The van der Waals surface area contributed by atoms with Crippen LogP contribution in [0.15, 0.2) is 52.7 Å². The third-order valence-corrected chi connectivity index (χ3v) is 4.25. The highest BCUT2D eigenvalue weighted by Gasteiger charge is 2.24. The quantitative estimate of drug-likeness (QED) is 0.537. The average molecular weight is 306 g/mol. The largest absolute Gasteiger partial charge is 0.341 e.